The molecule has 3 heterocycles. The van der Waals surface area contributed by atoms with Crippen LogP contribution < -0.4 is 15.5 Å². The van der Waals surface area contributed by atoms with Crippen LogP contribution in [0.4, 0.5) is 14.9 Å². The molecule has 0 spiro atoms. The zero-order valence-corrected chi connectivity index (χ0v) is 23.0. The zero-order chi connectivity index (χ0) is 27.7. The van der Waals surface area contributed by atoms with Crippen molar-refractivity contribution in [2.24, 2.45) is 0 Å². The van der Waals surface area contributed by atoms with E-state index in [9.17, 15) is 18.8 Å². The summed E-state index contributed by atoms with van der Waals surface area (Å²) in [6.07, 6.45) is 2.20. The molecule has 39 heavy (non-hydrogen) atoms. The third kappa shape index (κ3) is 5.24. The molecule has 0 aromatic heterocycles. The van der Waals surface area contributed by atoms with Gasteiger partial charge in [0.1, 0.15) is 11.9 Å². The Morgan fingerprint density at radius 2 is 1.67 bits per heavy atom. The number of carbonyl (C=O) groups is 3. The molecule has 4 amide bonds. The van der Waals surface area contributed by atoms with Gasteiger partial charge in [0.05, 0.1) is 5.41 Å². The topological polar surface area (TPSA) is 85.0 Å². The third-order valence-corrected chi connectivity index (χ3v) is 8.59. The van der Waals surface area contributed by atoms with E-state index >= 15 is 0 Å². The van der Waals surface area contributed by atoms with Crippen LogP contribution >= 0.6 is 0 Å². The molecule has 2 aromatic carbocycles. The molecule has 2 unspecified atom stereocenters. The number of hydrogen-bond acceptors (Lipinski definition) is 4. The first-order chi connectivity index (χ1) is 18.7. The van der Waals surface area contributed by atoms with E-state index in [4.69, 9.17) is 0 Å². The van der Waals surface area contributed by atoms with Gasteiger partial charge in [-0.15, -0.1) is 0 Å². The molecule has 208 valence electrons. The Hall–Kier alpha value is -3.46. The fourth-order valence-corrected chi connectivity index (χ4v) is 6.17. The molecule has 0 bridgehead atoms. The van der Waals surface area contributed by atoms with E-state index in [-0.39, 0.29) is 36.3 Å². The van der Waals surface area contributed by atoms with Crippen molar-refractivity contribution in [2.45, 2.75) is 63.1 Å². The van der Waals surface area contributed by atoms with E-state index in [0.29, 0.717) is 44.6 Å². The van der Waals surface area contributed by atoms with E-state index in [2.05, 4.69) is 10.6 Å². The number of rotatable bonds is 6. The molecule has 0 saturated carbocycles. The second-order valence-corrected chi connectivity index (χ2v) is 11.4. The van der Waals surface area contributed by atoms with Crippen molar-refractivity contribution in [1.82, 2.24) is 20.4 Å². The lowest BCUT2D eigenvalue weighted by Crippen LogP contribution is -2.56. The van der Waals surface area contributed by atoms with Crippen LogP contribution in [-0.4, -0.2) is 79.0 Å². The molecule has 9 heteroatoms. The number of benzene rings is 2. The normalized spacial score (nSPS) is 21.7. The number of carbonyl (C=O) groups excluding carboxylic acids is 3. The van der Waals surface area contributed by atoms with Gasteiger partial charge in [-0.05, 0) is 63.4 Å². The van der Waals surface area contributed by atoms with Gasteiger partial charge in [0, 0.05) is 50.4 Å². The Kier molecular flexibility index (Phi) is 7.62. The van der Waals surface area contributed by atoms with Gasteiger partial charge in [0.25, 0.3) is 0 Å². The minimum Gasteiger partial charge on any atom is -0.341 e. The summed E-state index contributed by atoms with van der Waals surface area (Å²) >= 11 is 0. The number of hydrogen-bond donors (Lipinski definition) is 2. The number of anilines is 1. The minimum atomic E-state index is -0.882. The molecule has 2 fully saturated rings. The van der Waals surface area contributed by atoms with Crippen molar-refractivity contribution in [2.75, 3.05) is 38.1 Å². The summed E-state index contributed by atoms with van der Waals surface area (Å²) in [5.41, 5.74) is 1.79. The maximum Gasteiger partial charge on any atom is 0.318 e. The monoisotopic (exact) mass is 535 g/mol. The third-order valence-electron chi connectivity index (χ3n) is 8.59. The fraction of sp³-hybridized carbons (Fsp3) is 0.500. The van der Waals surface area contributed by atoms with E-state index < -0.39 is 17.3 Å². The van der Waals surface area contributed by atoms with Crippen LogP contribution in [0.1, 0.15) is 44.2 Å². The lowest BCUT2D eigenvalue weighted by Gasteiger charge is -2.39. The second kappa shape index (κ2) is 11.0. The van der Waals surface area contributed by atoms with Crippen LogP contribution in [0.2, 0.25) is 0 Å². The second-order valence-electron chi connectivity index (χ2n) is 11.4. The highest BCUT2D eigenvalue weighted by atomic mass is 19.1. The molecule has 3 aliphatic heterocycles. The van der Waals surface area contributed by atoms with Crippen molar-refractivity contribution in [3.8, 4) is 0 Å². The lowest BCUT2D eigenvalue weighted by molar-refractivity contribution is -0.134. The van der Waals surface area contributed by atoms with Crippen molar-refractivity contribution in [1.29, 1.82) is 0 Å². The van der Waals surface area contributed by atoms with Crippen molar-refractivity contribution >= 4 is 23.5 Å². The minimum absolute atomic E-state index is 0.00726. The Balaban J connectivity index is 1.29. The molecular formula is C30H38FN5O3. The largest absolute Gasteiger partial charge is 0.341 e. The molecule has 0 radical (unpaired) electrons. The lowest BCUT2D eigenvalue weighted by atomic mass is 9.86. The van der Waals surface area contributed by atoms with Crippen LogP contribution in [0.15, 0.2) is 48.5 Å². The summed E-state index contributed by atoms with van der Waals surface area (Å²) in [5.74, 6) is -0.528. The van der Waals surface area contributed by atoms with Crippen molar-refractivity contribution in [3.63, 3.8) is 0 Å². The number of likely N-dealkylation sites (tertiary alicyclic amines) is 2. The van der Waals surface area contributed by atoms with E-state index in [1.54, 1.807) is 28.0 Å². The highest BCUT2D eigenvalue weighted by Crippen LogP contribution is 2.43. The molecule has 2 saturated heterocycles. The maximum absolute atomic E-state index is 14.5. The zero-order valence-electron chi connectivity index (χ0n) is 23.0. The number of nitrogens with one attached hydrogen (secondary N) is 2. The number of piperidine rings is 1. The van der Waals surface area contributed by atoms with Crippen molar-refractivity contribution in [3.05, 3.63) is 65.5 Å². The van der Waals surface area contributed by atoms with Gasteiger partial charge < -0.3 is 25.3 Å². The highest BCUT2D eigenvalue weighted by Gasteiger charge is 2.47. The Morgan fingerprint density at radius 3 is 2.36 bits per heavy atom. The van der Waals surface area contributed by atoms with Gasteiger partial charge in [0.15, 0.2) is 0 Å². The molecule has 2 aromatic rings. The van der Waals surface area contributed by atoms with Gasteiger partial charge >= 0.3 is 6.03 Å². The first-order valence-electron chi connectivity index (χ1n) is 13.9. The summed E-state index contributed by atoms with van der Waals surface area (Å²) < 4.78 is 14.5. The van der Waals surface area contributed by atoms with Gasteiger partial charge in [-0.2, -0.15) is 0 Å². The summed E-state index contributed by atoms with van der Waals surface area (Å²) in [6.45, 7) is 6.01. The van der Waals surface area contributed by atoms with Gasteiger partial charge in [-0.25, -0.2) is 9.18 Å². The molecule has 2 N–H and O–H groups in total. The molecule has 0 aliphatic carbocycles. The van der Waals surface area contributed by atoms with E-state index in [1.165, 1.54) is 6.07 Å². The number of para-hydroxylation sites is 1. The number of nitrogens with zero attached hydrogens (tertiary/aromatic N) is 3. The summed E-state index contributed by atoms with van der Waals surface area (Å²) in [4.78, 5) is 45.6. The highest BCUT2D eigenvalue weighted by molar-refractivity contribution is 6.08. The average Bonchev–Trinajstić information content (AvgIpc) is 3.50. The van der Waals surface area contributed by atoms with Crippen LogP contribution in [-0.2, 0) is 21.4 Å². The van der Waals surface area contributed by atoms with Crippen LogP contribution in [0.5, 0.6) is 0 Å². The number of urea groups is 1. The van der Waals surface area contributed by atoms with E-state index in [0.717, 1.165) is 17.7 Å². The fourth-order valence-electron chi connectivity index (χ4n) is 6.17. The molecule has 5 rings (SSSR count). The maximum atomic E-state index is 14.5. The van der Waals surface area contributed by atoms with Crippen LogP contribution in [0.25, 0.3) is 0 Å². The van der Waals surface area contributed by atoms with Crippen LogP contribution in [0.3, 0.4) is 0 Å². The molecule has 2 atom stereocenters. The number of halogens is 1. The summed E-state index contributed by atoms with van der Waals surface area (Å²) in [6, 6.07) is 13.3. The first kappa shape index (κ1) is 27.1. The van der Waals surface area contributed by atoms with E-state index in [1.807, 2.05) is 50.1 Å². The van der Waals surface area contributed by atoms with Gasteiger partial charge in [-0.3, -0.25) is 9.59 Å². The molecule has 3 aliphatic rings. The van der Waals surface area contributed by atoms with Gasteiger partial charge in [-0.1, -0.05) is 36.4 Å². The Morgan fingerprint density at radius 1 is 1.00 bits per heavy atom. The standard InChI is InChI=1S/C30H38FN5O3/c1-30(2)23-9-5-7-11-26(23)36(28(30)38)22-13-16-34(17-14-22)27(37)25(18-20-8-4-6-10-24(20)31)33-29(39)35-15-12-21(19-35)32-3/h4-11,21-22,25,32H,12-19H2,1-3H3,(H,33,39). The number of fused-ring (bicyclic) bond motifs is 1. The number of amides is 4. The first-order valence-corrected chi connectivity index (χ1v) is 13.9. The summed E-state index contributed by atoms with van der Waals surface area (Å²) in [7, 11) is 1.87. The Bertz CT molecular complexity index is 1240. The smallest absolute Gasteiger partial charge is 0.318 e. The summed E-state index contributed by atoms with van der Waals surface area (Å²) in [5, 5.41) is 6.10. The van der Waals surface area contributed by atoms with Gasteiger partial charge in [0.2, 0.25) is 11.8 Å². The van der Waals surface area contributed by atoms with Crippen LogP contribution in [0, 0.1) is 5.82 Å². The van der Waals surface area contributed by atoms with Crippen molar-refractivity contribution < 1.29 is 18.8 Å². The predicted octanol–water partition coefficient (Wildman–Crippen LogP) is 3.06. The molecular weight excluding hydrogens is 497 g/mol. The Labute approximate surface area is 229 Å². The molecule has 8 nitrogen and oxygen atoms in total. The quantitative estimate of drug-likeness (QED) is 0.596. The predicted molar refractivity (Wildman–Crippen MR) is 148 cm³/mol. The SMILES string of the molecule is CNC1CCN(C(=O)NC(Cc2ccccc2F)C(=O)N2CCC(N3C(=O)C(C)(C)c4ccccc43)CC2)C1. The average molecular weight is 536 g/mol. The number of likely N-dealkylation sites (N-methyl/N-ethyl adjacent to an activating group) is 1.